The molecule has 0 saturated heterocycles. The highest BCUT2D eigenvalue weighted by atomic mass is 28.2. The van der Waals surface area contributed by atoms with E-state index in [4.69, 9.17) is 13.9 Å². The molecule has 1 rings (SSSR count). The van der Waals surface area contributed by atoms with Gasteiger partial charge in [0.1, 0.15) is 0 Å². The van der Waals surface area contributed by atoms with Gasteiger partial charge in [0.05, 0.1) is 17.8 Å². The zero-order valence-electron chi connectivity index (χ0n) is 14.9. The molecule has 0 aliphatic heterocycles. The van der Waals surface area contributed by atoms with Gasteiger partial charge in [-0.05, 0) is 58.2 Å². The zero-order valence-corrected chi connectivity index (χ0v) is 16.9. The van der Waals surface area contributed by atoms with Gasteiger partial charge in [-0.25, -0.2) is 0 Å². The van der Waals surface area contributed by atoms with Crippen LogP contribution in [0.25, 0.3) is 0 Å². The first-order valence-electron chi connectivity index (χ1n) is 8.15. The van der Waals surface area contributed by atoms with E-state index >= 15 is 0 Å². The Balaban J connectivity index is 2.67. The second-order valence-electron chi connectivity index (χ2n) is 6.27. The lowest BCUT2D eigenvalue weighted by molar-refractivity contribution is -0.369. The van der Waals surface area contributed by atoms with Crippen molar-refractivity contribution in [3.63, 3.8) is 0 Å². The summed E-state index contributed by atoms with van der Waals surface area (Å²) in [7, 11) is 0.462. The van der Waals surface area contributed by atoms with E-state index in [-0.39, 0.29) is 12.2 Å². The molecule has 0 aliphatic rings. The SMILES string of the molecule is CC(C)OC(CCCc1ccc(C(F)(F)F)cc1)(O[SiH3])OC(C)C. The third-order valence-electron chi connectivity index (χ3n) is 3.37. The highest BCUT2D eigenvalue weighted by molar-refractivity contribution is 5.98. The first-order chi connectivity index (χ1) is 11.1. The third-order valence-corrected chi connectivity index (χ3v) is 3.99. The summed E-state index contributed by atoms with van der Waals surface area (Å²) in [6, 6.07) is 5.25. The number of alkyl halides is 3. The van der Waals surface area contributed by atoms with Crippen LogP contribution in [0.15, 0.2) is 24.3 Å². The summed E-state index contributed by atoms with van der Waals surface area (Å²) in [6.45, 7) is 7.65. The van der Waals surface area contributed by atoms with Crippen LogP contribution in [0.1, 0.15) is 51.7 Å². The Kier molecular flexibility index (Phi) is 7.92. The molecule has 7 heteroatoms. The summed E-state index contributed by atoms with van der Waals surface area (Å²) in [5.41, 5.74) is 0.217. The number of hydrogen-bond donors (Lipinski definition) is 0. The van der Waals surface area contributed by atoms with Gasteiger partial charge < -0.3 is 13.9 Å². The Labute approximate surface area is 145 Å². The molecule has 1 aromatic rings. The molecule has 0 saturated carbocycles. The second kappa shape index (κ2) is 8.99. The Morgan fingerprint density at radius 1 is 0.958 bits per heavy atom. The molecule has 0 aliphatic carbocycles. The molecule has 0 aromatic heterocycles. The summed E-state index contributed by atoms with van der Waals surface area (Å²) in [6.07, 6.45) is -2.56. The molecule has 0 spiro atoms. The van der Waals surface area contributed by atoms with Crippen LogP contribution in [-0.2, 0) is 26.5 Å². The lowest BCUT2D eigenvalue weighted by Gasteiger charge is -2.36. The molecule has 0 unspecified atom stereocenters. The fourth-order valence-corrected chi connectivity index (χ4v) is 2.83. The first-order valence-corrected chi connectivity index (χ1v) is 8.96. The average molecular weight is 364 g/mol. The summed E-state index contributed by atoms with van der Waals surface area (Å²) < 4.78 is 55.0. The Morgan fingerprint density at radius 2 is 1.46 bits per heavy atom. The van der Waals surface area contributed by atoms with E-state index in [1.54, 1.807) is 0 Å². The molecule has 0 amide bonds. The largest absolute Gasteiger partial charge is 0.416 e. The summed E-state index contributed by atoms with van der Waals surface area (Å²) in [4.78, 5) is 0. The minimum absolute atomic E-state index is 0.0521. The van der Waals surface area contributed by atoms with Crippen molar-refractivity contribution in [2.75, 3.05) is 0 Å². The predicted molar refractivity (Wildman–Crippen MR) is 90.6 cm³/mol. The number of aryl methyl sites for hydroxylation is 1. The van der Waals surface area contributed by atoms with Gasteiger partial charge in [-0.1, -0.05) is 12.1 Å². The van der Waals surface area contributed by atoms with Crippen molar-refractivity contribution in [2.24, 2.45) is 0 Å². The summed E-state index contributed by atoms with van der Waals surface area (Å²) in [5.74, 6) is -1.07. The van der Waals surface area contributed by atoms with Gasteiger partial charge in [0.15, 0.2) is 10.5 Å². The molecule has 138 valence electrons. The van der Waals surface area contributed by atoms with Crippen molar-refractivity contribution in [1.29, 1.82) is 0 Å². The van der Waals surface area contributed by atoms with Gasteiger partial charge in [0.2, 0.25) is 0 Å². The van der Waals surface area contributed by atoms with E-state index in [9.17, 15) is 13.2 Å². The zero-order chi connectivity index (χ0) is 18.4. The van der Waals surface area contributed by atoms with Crippen molar-refractivity contribution in [3.8, 4) is 0 Å². The van der Waals surface area contributed by atoms with E-state index < -0.39 is 17.7 Å². The van der Waals surface area contributed by atoms with Gasteiger partial charge in [-0.15, -0.1) is 0 Å². The molecule has 0 radical (unpaired) electrons. The van der Waals surface area contributed by atoms with Gasteiger partial charge >= 0.3 is 6.18 Å². The Bertz CT molecular complexity index is 477. The maximum atomic E-state index is 12.6. The smallest absolute Gasteiger partial charge is 0.380 e. The first kappa shape index (κ1) is 21.2. The number of benzene rings is 1. The quantitative estimate of drug-likeness (QED) is 0.492. The van der Waals surface area contributed by atoms with Gasteiger partial charge in [0.25, 0.3) is 5.97 Å². The summed E-state index contributed by atoms with van der Waals surface area (Å²) in [5, 5.41) is 0. The molecule has 0 N–H and O–H groups in total. The van der Waals surface area contributed by atoms with E-state index in [1.807, 2.05) is 27.7 Å². The minimum atomic E-state index is -4.30. The van der Waals surface area contributed by atoms with Crippen molar-refractivity contribution in [2.45, 2.75) is 71.3 Å². The summed E-state index contributed by atoms with van der Waals surface area (Å²) >= 11 is 0. The average Bonchev–Trinajstić information content (AvgIpc) is 2.45. The molecule has 1 aromatic carbocycles. The number of hydrogen-bond acceptors (Lipinski definition) is 3. The molecule has 0 bridgehead atoms. The van der Waals surface area contributed by atoms with Gasteiger partial charge in [0, 0.05) is 6.42 Å². The van der Waals surface area contributed by atoms with Crippen LogP contribution < -0.4 is 0 Å². The fourth-order valence-electron chi connectivity index (χ4n) is 2.43. The Morgan fingerprint density at radius 3 is 1.83 bits per heavy atom. The minimum Gasteiger partial charge on any atom is -0.380 e. The molecule has 3 nitrogen and oxygen atoms in total. The van der Waals surface area contributed by atoms with Crippen LogP contribution >= 0.6 is 0 Å². The third kappa shape index (κ3) is 6.92. The van der Waals surface area contributed by atoms with Crippen molar-refractivity contribution in [1.82, 2.24) is 0 Å². The topological polar surface area (TPSA) is 27.7 Å². The molecule has 0 atom stereocenters. The van der Waals surface area contributed by atoms with Crippen LogP contribution in [0, 0.1) is 0 Å². The lowest BCUT2D eigenvalue weighted by Crippen LogP contribution is -2.42. The van der Waals surface area contributed by atoms with Crippen molar-refractivity contribution >= 4 is 10.5 Å². The molecular formula is C17H27F3O3Si. The van der Waals surface area contributed by atoms with E-state index in [2.05, 4.69) is 0 Å². The Hall–Kier alpha value is -0.893. The number of halogens is 3. The van der Waals surface area contributed by atoms with Crippen LogP contribution in [0.5, 0.6) is 0 Å². The number of rotatable bonds is 9. The molecule has 24 heavy (non-hydrogen) atoms. The highest BCUT2D eigenvalue weighted by Gasteiger charge is 2.34. The maximum absolute atomic E-state index is 12.6. The molecule has 0 heterocycles. The second-order valence-corrected chi connectivity index (χ2v) is 6.68. The standard InChI is InChI=1S/C17H27F3O3Si/c1-12(2)21-16(23-24,22-13(3)4)11-5-6-14-7-9-15(10-8-14)17(18,19)20/h7-10,12-13H,5-6,11H2,1-4,24H3. The van der Waals surface area contributed by atoms with Crippen LogP contribution in [0.2, 0.25) is 0 Å². The van der Waals surface area contributed by atoms with Crippen molar-refractivity contribution in [3.05, 3.63) is 35.4 Å². The van der Waals surface area contributed by atoms with E-state index in [0.717, 1.165) is 17.7 Å². The van der Waals surface area contributed by atoms with Gasteiger partial charge in [-0.2, -0.15) is 13.2 Å². The van der Waals surface area contributed by atoms with Crippen LogP contribution in [0.4, 0.5) is 13.2 Å². The monoisotopic (exact) mass is 364 g/mol. The van der Waals surface area contributed by atoms with Crippen LogP contribution in [0.3, 0.4) is 0 Å². The lowest BCUT2D eigenvalue weighted by atomic mass is 10.1. The normalized spacial score (nSPS) is 13.2. The van der Waals surface area contributed by atoms with Crippen molar-refractivity contribution < 1.29 is 27.1 Å². The van der Waals surface area contributed by atoms with Gasteiger partial charge in [-0.3, -0.25) is 0 Å². The molecule has 0 fully saturated rings. The van der Waals surface area contributed by atoms with Crippen LogP contribution in [-0.4, -0.2) is 28.7 Å². The van der Waals surface area contributed by atoms with E-state index in [0.29, 0.717) is 29.7 Å². The fraction of sp³-hybridized carbons (Fsp3) is 0.647. The maximum Gasteiger partial charge on any atom is 0.416 e. The highest BCUT2D eigenvalue weighted by Crippen LogP contribution is 2.30. The molecular weight excluding hydrogens is 337 g/mol. The predicted octanol–water partition coefficient (Wildman–Crippen LogP) is 3.83. The number of ether oxygens (including phenoxy) is 2. The van der Waals surface area contributed by atoms with E-state index in [1.165, 1.54) is 12.1 Å².